The van der Waals surface area contributed by atoms with Crippen LogP contribution < -0.4 is 5.32 Å². The molecule has 0 aliphatic rings. The van der Waals surface area contributed by atoms with Crippen LogP contribution in [0.4, 0.5) is 0 Å². The summed E-state index contributed by atoms with van der Waals surface area (Å²) in [5, 5.41) is 8.59. The number of nitrogens with one attached hydrogen (secondary N) is 1. The van der Waals surface area contributed by atoms with E-state index >= 15 is 0 Å². The molecule has 2 aromatic rings. The molecule has 0 saturated carbocycles. The van der Waals surface area contributed by atoms with Gasteiger partial charge in [-0.2, -0.15) is 5.10 Å². The van der Waals surface area contributed by atoms with Gasteiger partial charge >= 0.3 is 0 Å². The molecule has 0 saturated heterocycles. The summed E-state index contributed by atoms with van der Waals surface area (Å²) in [5.74, 6) is 0. The number of likely N-dealkylation sites (N-methyl/N-ethyl adjacent to an activating group) is 1. The fourth-order valence-electron chi connectivity index (χ4n) is 2.13. The highest BCUT2D eigenvalue weighted by molar-refractivity contribution is 7.16. The van der Waals surface area contributed by atoms with Crippen LogP contribution in [-0.4, -0.2) is 16.3 Å². The molecule has 0 radical (unpaired) electrons. The number of halogens is 2. The van der Waals surface area contributed by atoms with E-state index in [-0.39, 0.29) is 6.04 Å². The minimum absolute atomic E-state index is 0.217. The largest absolute Gasteiger partial charge is 0.309 e. The van der Waals surface area contributed by atoms with Gasteiger partial charge in [0.15, 0.2) is 0 Å². The van der Waals surface area contributed by atoms with Crippen LogP contribution in [0.15, 0.2) is 12.1 Å². The molecular weight excluding hydrogens is 301 g/mol. The van der Waals surface area contributed by atoms with Crippen LogP contribution in [0.25, 0.3) is 0 Å². The van der Waals surface area contributed by atoms with Gasteiger partial charge in [-0.1, -0.05) is 30.1 Å². The Balaban J connectivity index is 2.26. The zero-order valence-electron chi connectivity index (χ0n) is 11.2. The maximum absolute atomic E-state index is 6.32. The Bertz CT molecular complexity index is 562. The van der Waals surface area contributed by atoms with Crippen molar-refractivity contribution >= 4 is 34.5 Å². The van der Waals surface area contributed by atoms with Crippen molar-refractivity contribution in [3.8, 4) is 0 Å². The Labute approximate surface area is 127 Å². The van der Waals surface area contributed by atoms with Crippen molar-refractivity contribution in [2.75, 3.05) is 6.54 Å². The van der Waals surface area contributed by atoms with Crippen LogP contribution in [0.5, 0.6) is 0 Å². The minimum Gasteiger partial charge on any atom is -0.309 e. The molecule has 0 amide bonds. The summed E-state index contributed by atoms with van der Waals surface area (Å²) in [7, 11) is 1.93. The van der Waals surface area contributed by atoms with Crippen molar-refractivity contribution < 1.29 is 0 Å². The van der Waals surface area contributed by atoms with Crippen molar-refractivity contribution in [1.82, 2.24) is 15.1 Å². The molecule has 2 heterocycles. The lowest BCUT2D eigenvalue weighted by atomic mass is 10.1. The van der Waals surface area contributed by atoms with E-state index in [1.54, 1.807) is 11.3 Å². The summed E-state index contributed by atoms with van der Waals surface area (Å²) in [6.45, 7) is 4.92. The van der Waals surface area contributed by atoms with Crippen LogP contribution in [0.1, 0.15) is 29.2 Å². The second kappa shape index (κ2) is 6.27. The Hall–Kier alpha value is -0.550. The summed E-state index contributed by atoms with van der Waals surface area (Å²) in [4.78, 5) is 1.22. The zero-order chi connectivity index (χ0) is 14.0. The van der Waals surface area contributed by atoms with Gasteiger partial charge in [-0.05, 0) is 25.6 Å². The lowest BCUT2D eigenvalue weighted by Crippen LogP contribution is -2.23. The molecule has 2 rings (SSSR count). The number of hydrogen-bond donors (Lipinski definition) is 1. The molecule has 1 atom stereocenters. The first-order chi connectivity index (χ1) is 9.02. The second-order valence-corrected chi connectivity index (χ2v) is 6.55. The van der Waals surface area contributed by atoms with Crippen molar-refractivity contribution in [2.24, 2.45) is 7.05 Å². The summed E-state index contributed by atoms with van der Waals surface area (Å²) in [5.41, 5.74) is 1.92. The molecule has 1 N–H and O–H groups in total. The first kappa shape index (κ1) is 14.9. The lowest BCUT2D eigenvalue weighted by molar-refractivity contribution is 0.536. The van der Waals surface area contributed by atoms with Gasteiger partial charge in [0, 0.05) is 24.4 Å². The van der Waals surface area contributed by atoms with E-state index in [2.05, 4.69) is 23.4 Å². The quantitative estimate of drug-likeness (QED) is 0.903. The summed E-state index contributed by atoms with van der Waals surface area (Å²) < 4.78 is 2.67. The van der Waals surface area contributed by atoms with E-state index in [0.717, 1.165) is 33.7 Å². The smallest absolute Gasteiger partial charge is 0.0931 e. The lowest BCUT2D eigenvalue weighted by Gasteiger charge is -2.16. The molecule has 0 spiro atoms. The molecule has 6 heteroatoms. The first-order valence-electron chi connectivity index (χ1n) is 6.19. The van der Waals surface area contributed by atoms with Crippen molar-refractivity contribution in [3.63, 3.8) is 0 Å². The molecule has 0 bridgehead atoms. The SMILES string of the molecule is CCNC(Cc1c(Cl)c(C)nn1C)c1ccc(Cl)s1. The number of hydrogen-bond acceptors (Lipinski definition) is 3. The number of rotatable bonds is 5. The van der Waals surface area contributed by atoms with Gasteiger partial charge in [-0.25, -0.2) is 0 Å². The van der Waals surface area contributed by atoms with Crippen LogP contribution in [0, 0.1) is 6.92 Å². The van der Waals surface area contributed by atoms with Crippen LogP contribution in [0.3, 0.4) is 0 Å². The number of aromatic nitrogens is 2. The predicted molar refractivity (Wildman–Crippen MR) is 82.4 cm³/mol. The Morgan fingerprint density at radius 3 is 2.63 bits per heavy atom. The highest BCUT2D eigenvalue weighted by atomic mass is 35.5. The normalized spacial score (nSPS) is 12.9. The van der Waals surface area contributed by atoms with E-state index in [1.165, 1.54) is 4.88 Å². The minimum atomic E-state index is 0.217. The maximum atomic E-state index is 6.32. The van der Waals surface area contributed by atoms with Gasteiger partial charge in [0.25, 0.3) is 0 Å². The van der Waals surface area contributed by atoms with Gasteiger partial charge in [0.2, 0.25) is 0 Å². The van der Waals surface area contributed by atoms with Crippen LogP contribution in [0.2, 0.25) is 9.36 Å². The maximum Gasteiger partial charge on any atom is 0.0931 e. The molecule has 19 heavy (non-hydrogen) atoms. The highest BCUT2D eigenvalue weighted by Crippen LogP contribution is 2.31. The topological polar surface area (TPSA) is 29.9 Å². The molecular formula is C13H17Cl2N3S. The molecule has 3 nitrogen and oxygen atoms in total. The molecule has 0 aliphatic heterocycles. The standard InChI is InChI=1S/C13H17Cl2N3S/c1-4-16-9(11-5-6-12(14)19-11)7-10-13(15)8(2)17-18(10)3/h5-6,9,16H,4,7H2,1-3H3. The Morgan fingerprint density at radius 1 is 1.42 bits per heavy atom. The molecule has 0 fully saturated rings. The van der Waals surface area contributed by atoms with E-state index in [1.807, 2.05) is 24.7 Å². The van der Waals surface area contributed by atoms with Gasteiger partial charge in [-0.15, -0.1) is 11.3 Å². The molecule has 2 aromatic heterocycles. The fraction of sp³-hybridized carbons (Fsp3) is 0.462. The number of aryl methyl sites for hydroxylation is 2. The average Bonchev–Trinajstić information content (AvgIpc) is 2.88. The summed E-state index contributed by atoms with van der Waals surface area (Å²) in [6, 6.07) is 4.22. The Morgan fingerprint density at radius 2 is 2.16 bits per heavy atom. The van der Waals surface area contributed by atoms with E-state index in [0.29, 0.717) is 0 Å². The number of thiophene rings is 1. The molecule has 1 unspecified atom stereocenters. The van der Waals surface area contributed by atoms with Gasteiger partial charge in [-0.3, -0.25) is 4.68 Å². The second-order valence-electron chi connectivity index (χ2n) is 4.43. The van der Waals surface area contributed by atoms with Gasteiger partial charge < -0.3 is 5.32 Å². The highest BCUT2D eigenvalue weighted by Gasteiger charge is 2.19. The van der Waals surface area contributed by atoms with Crippen molar-refractivity contribution in [2.45, 2.75) is 26.3 Å². The summed E-state index contributed by atoms with van der Waals surface area (Å²) in [6.07, 6.45) is 0.806. The van der Waals surface area contributed by atoms with Crippen LogP contribution in [-0.2, 0) is 13.5 Å². The van der Waals surface area contributed by atoms with E-state index < -0.39 is 0 Å². The fourth-order valence-corrected chi connectivity index (χ4v) is 3.50. The van der Waals surface area contributed by atoms with Gasteiger partial charge in [0.05, 0.1) is 20.7 Å². The van der Waals surface area contributed by atoms with Crippen molar-refractivity contribution in [3.05, 3.63) is 37.8 Å². The predicted octanol–water partition coefficient (Wildman–Crippen LogP) is 3.99. The summed E-state index contributed by atoms with van der Waals surface area (Å²) >= 11 is 13.9. The van der Waals surface area contributed by atoms with Crippen molar-refractivity contribution in [1.29, 1.82) is 0 Å². The third kappa shape index (κ3) is 3.31. The zero-order valence-corrected chi connectivity index (χ0v) is 13.5. The van der Waals surface area contributed by atoms with Crippen LogP contribution >= 0.6 is 34.5 Å². The third-order valence-electron chi connectivity index (χ3n) is 3.05. The molecule has 104 valence electrons. The molecule has 0 aliphatic carbocycles. The van der Waals surface area contributed by atoms with E-state index in [4.69, 9.17) is 23.2 Å². The number of nitrogens with zero attached hydrogens (tertiary/aromatic N) is 2. The third-order valence-corrected chi connectivity index (χ3v) is 4.88. The van der Waals surface area contributed by atoms with Gasteiger partial charge in [0.1, 0.15) is 0 Å². The monoisotopic (exact) mass is 317 g/mol. The van der Waals surface area contributed by atoms with E-state index in [9.17, 15) is 0 Å². The average molecular weight is 318 g/mol. The Kier molecular flexibility index (Phi) is 4.90. The first-order valence-corrected chi connectivity index (χ1v) is 7.76. The molecule has 0 aromatic carbocycles.